The molecule has 1 heterocycles. The van der Waals surface area contributed by atoms with E-state index in [4.69, 9.17) is 11.6 Å². The maximum absolute atomic E-state index is 12.7. The molecule has 1 aliphatic heterocycles. The lowest BCUT2D eigenvalue weighted by molar-refractivity contribution is -0.131. The fourth-order valence-electron chi connectivity index (χ4n) is 3.25. The van der Waals surface area contributed by atoms with Crippen molar-refractivity contribution in [2.24, 2.45) is 0 Å². The van der Waals surface area contributed by atoms with Crippen molar-refractivity contribution in [2.45, 2.75) is 11.3 Å². The summed E-state index contributed by atoms with van der Waals surface area (Å²) in [5.74, 6) is -0.290. The Morgan fingerprint density at radius 1 is 0.968 bits per heavy atom. The van der Waals surface area contributed by atoms with Crippen molar-refractivity contribution in [1.82, 2.24) is 14.1 Å². The second-order valence-corrected chi connectivity index (χ2v) is 9.71. The molecule has 0 saturated carbocycles. The molecular formula is C21H25ClN4O4S. The van der Waals surface area contributed by atoms with Crippen LogP contribution in [0.3, 0.4) is 0 Å². The lowest BCUT2D eigenvalue weighted by atomic mass is 10.3. The van der Waals surface area contributed by atoms with E-state index in [0.717, 1.165) is 4.31 Å². The van der Waals surface area contributed by atoms with Crippen LogP contribution < -0.4 is 5.32 Å². The second-order valence-electron chi connectivity index (χ2n) is 7.23. The van der Waals surface area contributed by atoms with Gasteiger partial charge in [0.25, 0.3) is 0 Å². The van der Waals surface area contributed by atoms with Crippen LogP contribution in [0, 0.1) is 0 Å². The van der Waals surface area contributed by atoms with Crippen LogP contribution in [-0.4, -0.2) is 74.2 Å². The summed E-state index contributed by atoms with van der Waals surface area (Å²) in [5.41, 5.74) is 0.638. The first-order chi connectivity index (χ1) is 14.8. The van der Waals surface area contributed by atoms with Crippen molar-refractivity contribution >= 4 is 39.2 Å². The van der Waals surface area contributed by atoms with Gasteiger partial charge in [-0.25, -0.2) is 13.2 Å². The molecule has 1 saturated heterocycles. The van der Waals surface area contributed by atoms with Gasteiger partial charge in [0.1, 0.15) is 0 Å². The summed E-state index contributed by atoms with van der Waals surface area (Å²) < 4.78 is 26.3. The van der Waals surface area contributed by atoms with Crippen LogP contribution in [0.2, 0.25) is 5.02 Å². The quantitative estimate of drug-likeness (QED) is 0.736. The molecule has 2 aromatic rings. The van der Waals surface area contributed by atoms with Crippen LogP contribution in [0.4, 0.5) is 10.5 Å². The predicted molar refractivity (Wildman–Crippen MR) is 119 cm³/mol. The maximum atomic E-state index is 12.7. The Morgan fingerprint density at radius 2 is 1.58 bits per heavy atom. The van der Waals surface area contributed by atoms with Crippen LogP contribution in [0.15, 0.2) is 59.5 Å². The minimum atomic E-state index is -3.74. The number of carbonyl (C=O) groups is 2. The van der Waals surface area contributed by atoms with Gasteiger partial charge >= 0.3 is 6.03 Å². The number of hydrogen-bond donors (Lipinski definition) is 1. The summed E-state index contributed by atoms with van der Waals surface area (Å²) in [6, 6.07) is 14.6. The number of likely N-dealkylation sites (N-methyl/N-ethyl adjacent to an activating group) is 1. The molecule has 31 heavy (non-hydrogen) atoms. The number of halogens is 1. The number of anilines is 1. The third-order valence-corrected chi connectivity index (χ3v) is 7.11. The molecule has 8 nitrogen and oxygen atoms in total. The predicted octanol–water partition coefficient (Wildman–Crippen LogP) is 2.73. The number of urea groups is 1. The molecule has 0 aromatic heterocycles. The lowest BCUT2D eigenvalue weighted by Crippen LogP contribution is -2.43. The first-order valence-corrected chi connectivity index (χ1v) is 11.7. The first-order valence-electron chi connectivity index (χ1n) is 9.88. The van der Waals surface area contributed by atoms with Gasteiger partial charge in [-0.1, -0.05) is 29.8 Å². The number of rotatable bonds is 5. The van der Waals surface area contributed by atoms with E-state index in [1.54, 1.807) is 52.3 Å². The smallest absolute Gasteiger partial charge is 0.321 e. The minimum Gasteiger partial charge on any atom is -0.340 e. The molecule has 0 aliphatic carbocycles. The fraction of sp³-hybridized carbons (Fsp3) is 0.333. The molecule has 0 radical (unpaired) electrons. The Balaban J connectivity index is 1.55. The maximum Gasteiger partial charge on any atom is 0.321 e. The average molecular weight is 465 g/mol. The zero-order chi connectivity index (χ0) is 22.4. The normalized spacial score (nSPS) is 14.9. The number of nitrogens with one attached hydrogen (secondary N) is 1. The van der Waals surface area contributed by atoms with E-state index in [2.05, 4.69) is 5.32 Å². The molecule has 0 atom stereocenters. The van der Waals surface area contributed by atoms with Gasteiger partial charge < -0.3 is 15.1 Å². The summed E-state index contributed by atoms with van der Waals surface area (Å²) in [7, 11) is -2.35. The van der Waals surface area contributed by atoms with E-state index in [0.29, 0.717) is 43.3 Å². The van der Waals surface area contributed by atoms with Crippen molar-refractivity contribution < 1.29 is 18.0 Å². The third-order valence-electron chi connectivity index (χ3n) is 5.04. The van der Waals surface area contributed by atoms with Crippen molar-refractivity contribution in [3.8, 4) is 0 Å². The summed E-state index contributed by atoms with van der Waals surface area (Å²) in [5, 5.41) is 3.40. The monoisotopic (exact) mass is 464 g/mol. The molecule has 0 spiro atoms. The molecular weight excluding hydrogens is 440 g/mol. The lowest BCUT2D eigenvalue weighted by Gasteiger charge is -2.24. The summed E-state index contributed by atoms with van der Waals surface area (Å²) in [6.45, 7) is 1.41. The number of sulfonamides is 1. The average Bonchev–Trinajstić information content (AvgIpc) is 3.02. The van der Waals surface area contributed by atoms with Crippen LogP contribution in [0.25, 0.3) is 0 Å². The van der Waals surface area contributed by atoms with Crippen molar-refractivity contribution in [1.29, 1.82) is 0 Å². The Hall–Kier alpha value is -2.62. The standard InChI is InChI=1S/C21H25ClN4O4S/c1-24(31(29,30)19-6-3-2-4-7-19)16-20(27)25-12-5-13-26(15-14-25)21(28)23-18-10-8-17(22)9-11-18/h2-4,6-11H,5,12-16H2,1H3,(H,23,28). The topological polar surface area (TPSA) is 90.0 Å². The molecule has 0 unspecified atom stereocenters. The molecule has 1 N–H and O–H groups in total. The van der Waals surface area contributed by atoms with Crippen LogP contribution >= 0.6 is 11.6 Å². The highest BCUT2D eigenvalue weighted by molar-refractivity contribution is 7.89. The van der Waals surface area contributed by atoms with Gasteiger partial charge in [0.15, 0.2) is 0 Å². The molecule has 0 bridgehead atoms. The van der Waals surface area contributed by atoms with Gasteiger partial charge in [0, 0.05) is 43.9 Å². The molecule has 3 amide bonds. The van der Waals surface area contributed by atoms with Gasteiger partial charge in [-0.2, -0.15) is 4.31 Å². The van der Waals surface area contributed by atoms with E-state index >= 15 is 0 Å². The van der Waals surface area contributed by atoms with Gasteiger partial charge in [0.05, 0.1) is 11.4 Å². The first kappa shape index (κ1) is 23.1. The number of amides is 3. The van der Waals surface area contributed by atoms with Gasteiger partial charge in [0.2, 0.25) is 15.9 Å². The summed E-state index contributed by atoms with van der Waals surface area (Å²) >= 11 is 5.86. The summed E-state index contributed by atoms with van der Waals surface area (Å²) in [4.78, 5) is 28.7. The molecule has 166 valence electrons. The Morgan fingerprint density at radius 3 is 2.26 bits per heavy atom. The van der Waals surface area contributed by atoms with E-state index in [1.165, 1.54) is 19.2 Å². The zero-order valence-corrected chi connectivity index (χ0v) is 18.8. The number of carbonyl (C=O) groups excluding carboxylic acids is 2. The molecule has 3 rings (SSSR count). The highest BCUT2D eigenvalue weighted by atomic mass is 35.5. The van der Waals surface area contributed by atoms with Crippen LogP contribution in [0.5, 0.6) is 0 Å². The SMILES string of the molecule is CN(CC(=O)N1CCCN(C(=O)Nc2ccc(Cl)cc2)CC1)S(=O)(=O)c1ccccc1. The number of nitrogens with zero attached hydrogens (tertiary/aromatic N) is 3. The summed E-state index contributed by atoms with van der Waals surface area (Å²) in [6.07, 6.45) is 0.606. The zero-order valence-electron chi connectivity index (χ0n) is 17.2. The van der Waals surface area contributed by atoms with Gasteiger partial charge in [-0.05, 0) is 42.8 Å². The van der Waals surface area contributed by atoms with Gasteiger partial charge in [-0.15, -0.1) is 0 Å². The van der Waals surface area contributed by atoms with Crippen LogP contribution in [0.1, 0.15) is 6.42 Å². The van der Waals surface area contributed by atoms with Gasteiger partial charge in [-0.3, -0.25) is 4.79 Å². The molecule has 1 fully saturated rings. The third kappa shape index (κ3) is 5.96. The largest absolute Gasteiger partial charge is 0.340 e. The Labute approximate surface area is 187 Å². The molecule has 10 heteroatoms. The molecule has 2 aromatic carbocycles. The number of hydrogen-bond acceptors (Lipinski definition) is 4. The van der Waals surface area contributed by atoms with E-state index in [1.807, 2.05) is 0 Å². The van der Waals surface area contributed by atoms with Crippen molar-refractivity contribution in [3.63, 3.8) is 0 Å². The van der Waals surface area contributed by atoms with E-state index < -0.39 is 10.0 Å². The highest BCUT2D eigenvalue weighted by Gasteiger charge is 2.27. The fourth-order valence-corrected chi connectivity index (χ4v) is 4.52. The second kappa shape index (κ2) is 10.1. The van der Waals surface area contributed by atoms with Crippen molar-refractivity contribution in [2.75, 3.05) is 45.1 Å². The number of benzene rings is 2. The van der Waals surface area contributed by atoms with E-state index in [9.17, 15) is 18.0 Å². The Kier molecular flexibility index (Phi) is 7.53. The highest BCUT2D eigenvalue weighted by Crippen LogP contribution is 2.16. The van der Waals surface area contributed by atoms with Crippen LogP contribution in [-0.2, 0) is 14.8 Å². The Bertz CT molecular complexity index is 1020. The van der Waals surface area contributed by atoms with E-state index in [-0.39, 0.29) is 23.4 Å². The minimum absolute atomic E-state index is 0.145. The molecule has 1 aliphatic rings. The van der Waals surface area contributed by atoms with Crippen molar-refractivity contribution in [3.05, 3.63) is 59.6 Å².